The predicted molar refractivity (Wildman–Crippen MR) is 92.0 cm³/mol. The van der Waals surface area contributed by atoms with Gasteiger partial charge in [-0.1, -0.05) is 11.6 Å². The number of ether oxygens (including phenoxy) is 1. The lowest BCUT2D eigenvalue weighted by Crippen LogP contribution is -2.28. The Bertz CT molecular complexity index is 483. The van der Waals surface area contributed by atoms with Gasteiger partial charge in [0.25, 0.3) is 0 Å². The molecule has 1 aliphatic heterocycles. The predicted octanol–water partition coefficient (Wildman–Crippen LogP) is 3.26. The van der Waals surface area contributed by atoms with Gasteiger partial charge >= 0.3 is 0 Å². The van der Waals surface area contributed by atoms with Gasteiger partial charge in [0, 0.05) is 36.6 Å². The molecular formula is C16H24Cl2N2O2. The fraction of sp³-hybridized carbons (Fsp3) is 0.562. The molecule has 0 atom stereocenters. The highest BCUT2D eigenvalue weighted by atomic mass is 35.5. The Morgan fingerprint density at radius 1 is 1.41 bits per heavy atom. The minimum Gasteiger partial charge on any atom is -0.494 e. The number of nitrogens with one attached hydrogen (secondary N) is 1. The van der Waals surface area contributed by atoms with Crippen LogP contribution in [0.25, 0.3) is 0 Å². The quantitative estimate of drug-likeness (QED) is 0.734. The second-order valence-corrected chi connectivity index (χ2v) is 5.64. The summed E-state index contributed by atoms with van der Waals surface area (Å²) in [6, 6.07) is 5.68. The fourth-order valence-corrected chi connectivity index (χ4v) is 2.74. The molecule has 0 aliphatic carbocycles. The van der Waals surface area contributed by atoms with E-state index in [1.54, 1.807) is 0 Å². The molecule has 1 fully saturated rings. The number of hydrogen-bond acceptors (Lipinski definition) is 3. The number of carbonyl (C=O) groups excluding carboxylic acids is 1. The van der Waals surface area contributed by atoms with Crippen molar-refractivity contribution in [2.45, 2.75) is 32.7 Å². The average Bonchev–Trinajstić information content (AvgIpc) is 2.87. The zero-order chi connectivity index (χ0) is 15.1. The number of nitrogens with zero attached hydrogens (tertiary/aromatic N) is 1. The molecule has 0 unspecified atom stereocenters. The van der Waals surface area contributed by atoms with E-state index in [9.17, 15) is 4.79 Å². The van der Waals surface area contributed by atoms with Crippen molar-refractivity contribution in [1.82, 2.24) is 10.2 Å². The summed E-state index contributed by atoms with van der Waals surface area (Å²) in [5.41, 5.74) is 1.07. The molecule has 22 heavy (non-hydrogen) atoms. The summed E-state index contributed by atoms with van der Waals surface area (Å²) in [4.78, 5) is 13.4. The lowest BCUT2D eigenvalue weighted by molar-refractivity contribution is -0.127. The van der Waals surface area contributed by atoms with E-state index in [1.165, 1.54) is 0 Å². The molecule has 1 N–H and O–H groups in total. The zero-order valence-corrected chi connectivity index (χ0v) is 14.5. The van der Waals surface area contributed by atoms with Crippen molar-refractivity contribution >= 4 is 29.9 Å². The first-order chi connectivity index (χ1) is 10.2. The first-order valence-electron chi connectivity index (χ1n) is 7.60. The lowest BCUT2D eigenvalue weighted by Gasteiger charge is -2.16. The van der Waals surface area contributed by atoms with E-state index < -0.39 is 0 Å². The molecule has 124 valence electrons. The van der Waals surface area contributed by atoms with Crippen LogP contribution in [0.2, 0.25) is 5.02 Å². The molecule has 1 amide bonds. The maximum Gasteiger partial charge on any atom is 0.222 e. The van der Waals surface area contributed by atoms with Gasteiger partial charge in [-0.2, -0.15) is 0 Å². The average molecular weight is 347 g/mol. The summed E-state index contributed by atoms with van der Waals surface area (Å²) in [6.07, 6.45) is 2.69. The second-order valence-electron chi connectivity index (χ2n) is 5.20. The molecule has 2 rings (SSSR count). The Balaban J connectivity index is 0.00000242. The van der Waals surface area contributed by atoms with Gasteiger partial charge in [0.2, 0.25) is 5.91 Å². The van der Waals surface area contributed by atoms with Gasteiger partial charge in [0.1, 0.15) is 5.75 Å². The Morgan fingerprint density at radius 2 is 2.23 bits per heavy atom. The van der Waals surface area contributed by atoms with Crippen molar-refractivity contribution < 1.29 is 9.53 Å². The van der Waals surface area contributed by atoms with Crippen LogP contribution >= 0.6 is 24.0 Å². The Kier molecular flexibility index (Phi) is 8.61. The number of halogens is 2. The van der Waals surface area contributed by atoms with Crippen LogP contribution < -0.4 is 10.1 Å². The maximum absolute atomic E-state index is 11.5. The number of amides is 1. The molecule has 1 saturated heterocycles. The monoisotopic (exact) mass is 346 g/mol. The van der Waals surface area contributed by atoms with E-state index in [0.29, 0.717) is 18.9 Å². The van der Waals surface area contributed by atoms with E-state index in [-0.39, 0.29) is 12.4 Å². The van der Waals surface area contributed by atoms with Crippen molar-refractivity contribution in [2.24, 2.45) is 0 Å². The second kappa shape index (κ2) is 9.93. The molecule has 1 heterocycles. The SMILES string of the molecule is CCOc1ccc(Cl)cc1CNCCCN1CCCC1=O.Cl. The van der Waals surface area contributed by atoms with Gasteiger partial charge in [0.05, 0.1) is 6.61 Å². The zero-order valence-electron chi connectivity index (χ0n) is 12.9. The van der Waals surface area contributed by atoms with E-state index in [0.717, 1.165) is 55.4 Å². The highest BCUT2D eigenvalue weighted by Crippen LogP contribution is 2.22. The molecule has 1 aromatic carbocycles. The Hall–Kier alpha value is -0.970. The number of hydrogen-bond donors (Lipinski definition) is 1. The van der Waals surface area contributed by atoms with Gasteiger partial charge in [-0.3, -0.25) is 4.79 Å². The molecule has 0 aromatic heterocycles. The van der Waals surface area contributed by atoms with Crippen LogP contribution in [0, 0.1) is 0 Å². The van der Waals surface area contributed by atoms with Crippen molar-refractivity contribution in [3.05, 3.63) is 28.8 Å². The minimum absolute atomic E-state index is 0. The minimum atomic E-state index is 0. The third-order valence-corrected chi connectivity index (χ3v) is 3.83. The van der Waals surface area contributed by atoms with Gasteiger partial charge in [-0.05, 0) is 44.5 Å². The van der Waals surface area contributed by atoms with Crippen LogP contribution in [0.3, 0.4) is 0 Å². The van der Waals surface area contributed by atoms with Crippen LogP contribution in [0.5, 0.6) is 5.75 Å². The van der Waals surface area contributed by atoms with E-state index in [1.807, 2.05) is 30.0 Å². The molecule has 0 radical (unpaired) electrons. The van der Waals surface area contributed by atoms with Gasteiger partial charge in [-0.25, -0.2) is 0 Å². The summed E-state index contributed by atoms with van der Waals surface area (Å²) in [7, 11) is 0. The summed E-state index contributed by atoms with van der Waals surface area (Å²) >= 11 is 6.03. The standard InChI is InChI=1S/C16H23ClN2O2.ClH/c1-2-21-15-7-6-14(17)11-13(15)12-18-8-4-10-19-9-3-5-16(19)20;/h6-7,11,18H,2-5,8-10,12H2,1H3;1H. The summed E-state index contributed by atoms with van der Waals surface area (Å²) in [5.74, 6) is 1.17. The molecule has 1 aliphatic rings. The fourth-order valence-electron chi connectivity index (χ4n) is 2.54. The lowest BCUT2D eigenvalue weighted by atomic mass is 10.2. The van der Waals surface area contributed by atoms with Crippen LogP contribution in [0.15, 0.2) is 18.2 Å². The summed E-state index contributed by atoms with van der Waals surface area (Å²) < 4.78 is 5.59. The third kappa shape index (κ3) is 5.67. The maximum atomic E-state index is 11.5. The molecule has 0 spiro atoms. The molecule has 0 bridgehead atoms. The van der Waals surface area contributed by atoms with Gasteiger partial charge < -0.3 is 15.0 Å². The Morgan fingerprint density at radius 3 is 2.91 bits per heavy atom. The number of rotatable bonds is 8. The van der Waals surface area contributed by atoms with E-state index in [4.69, 9.17) is 16.3 Å². The van der Waals surface area contributed by atoms with Crippen molar-refractivity contribution in [3.8, 4) is 5.75 Å². The number of carbonyl (C=O) groups is 1. The topological polar surface area (TPSA) is 41.6 Å². The third-order valence-electron chi connectivity index (χ3n) is 3.59. The van der Waals surface area contributed by atoms with E-state index in [2.05, 4.69) is 5.32 Å². The highest BCUT2D eigenvalue weighted by molar-refractivity contribution is 6.30. The molecule has 1 aromatic rings. The number of likely N-dealkylation sites (tertiary alicyclic amines) is 1. The molecule has 6 heteroatoms. The van der Waals surface area contributed by atoms with Crippen LogP contribution in [0.1, 0.15) is 31.7 Å². The molecular weight excluding hydrogens is 323 g/mol. The van der Waals surface area contributed by atoms with Crippen molar-refractivity contribution in [2.75, 3.05) is 26.2 Å². The smallest absolute Gasteiger partial charge is 0.222 e. The summed E-state index contributed by atoms with van der Waals surface area (Å²) in [6.45, 7) is 5.98. The van der Waals surface area contributed by atoms with Crippen LogP contribution in [-0.2, 0) is 11.3 Å². The Labute approximate surface area is 143 Å². The number of benzene rings is 1. The first kappa shape index (κ1) is 19.1. The largest absolute Gasteiger partial charge is 0.494 e. The molecule has 0 saturated carbocycles. The van der Waals surface area contributed by atoms with Crippen molar-refractivity contribution in [1.29, 1.82) is 0 Å². The highest BCUT2D eigenvalue weighted by Gasteiger charge is 2.18. The van der Waals surface area contributed by atoms with Gasteiger partial charge in [0.15, 0.2) is 0 Å². The van der Waals surface area contributed by atoms with Gasteiger partial charge in [-0.15, -0.1) is 12.4 Å². The summed E-state index contributed by atoms with van der Waals surface area (Å²) in [5, 5.41) is 4.11. The van der Waals surface area contributed by atoms with Crippen molar-refractivity contribution in [3.63, 3.8) is 0 Å². The van der Waals surface area contributed by atoms with E-state index >= 15 is 0 Å². The van der Waals surface area contributed by atoms with Crippen LogP contribution in [0.4, 0.5) is 0 Å². The van der Waals surface area contributed by atoms with Crippen LogP contribution in [-0.4, -0.2) is 37.0 Å². The first-order valence-corrected chi connectivity index (χ1v) is 7.98. The normalized spacial score (nSPS) is 14.1. The molecule has 4 nitrogen and oxygen atoms in total.